The van der Waals surface area contributed by atoms with Gasteiger partial charge in [0.15, 0.2) is 0 Å². The third-order valence-electron chi connectivity index (χ3n) is 5.18. The van der Waals surface area contributed by atoms with Gasteiger partial charge in [-0.25, -0.2) is 0 Å². The van der Waals surface area contributed by atoms with Gasteiger partial charge in [-0.1, -0.05) is 32.0 Å². The average molecular weight is 482 g/mol. The summed E-state index contributed by atoms with van der Waals surface area (Å²) in [6.45, 7) is 6.49. The topological polar surface area (TPSA) is 79.5 Å². The number of fused-ring (bicyclic) bond motifs is 1. The Hall–Kier alpha value is -2.34. The van der Waals surface area contributed by atoms with Crippen LogP contribution in [0.1, 0.15) is 31.6 Å². The zero-order valence-corrected chi connectivity index (χ0v) is 20.8. The van der Waals surface area contributed by atoms with E-state index in [0.717, 1.165) is 53.2 Å². The normalized spacial score (nSPS) is 12.6. The van der Waals surface area contributed by atoms with E-state index in [2.05, 4.69) is 72.0 Å². The van der Waals surface area contributed by atoms with E-state index in [9.17, 15) is 10.4 Å². The van der Waals surface area contributed by atoms with Gasteiger partial charge >= 0.3 is 0 Å². The second-order valence-corrected chi connectivity index (χ2v) is 9.89. The molecule has 2 aromatic carbocycles. The number of aliphatic hydroxyl groups is 2. The number of allylic oxidation sites excluding steroid dienone is 1. The molecule has 1 heterocycles. The highest BCUT2D eigenvalue weighted by Crippen LogP contribution is 2.33. The molecule has 7 heteroatoms. The highest BCUT2D eigenvalue weighted by atomic mass is 32.2. The number of rotatable bonds is 12. The molecule has 1 atom stereocenters. The first kappa shape index (κ1) is 25.3. The van der Waals surface area contributed by atoms with Crippen molar-refractivity contribution in [1.82, 2.24) is 4.72 Å². The molecule has 0 aliphatic heterocycles. The van der Waals surface area contributed by atoms with Crippen LogP contribution in [0.25, 0.3) is 27.3 Å². The fraction of sp³-hybridized carbons (Fsp3) is 0.346. The fourth-order valence-corrected chi connectivity index (χ4v) is 5.26. The van der Waals surface area contributed by atoms with Crippen LogP contribution in [0.5, 0.6) is 0 Å². The van der Waals surface area contributed by atoms with Crippen LogP contribution in [-0.4, -0.2) is 42.6 Å². The minimum atomic E-state index is -0.837. The summed E-state index contributed by atoms with van der Waals surface area (Å²) in [5.41, 5.74) is 2.44. The first-order chi connectivity index (χ1) is 16.1. The molecule has 0 aliphatic rings. The summed E-state index contributed by atoms with van der Waals surface area (Å²) in [5, 5.41) is 30.1. The van der Waals surface area contributed by atoms with E-state index in [4.69, 9.17) is 5.11 Å². The summed E-state index contributed by atoms with van der Waals surface area (Å²) in [4.78, 5) is 5.10. The molecule has 3 rings (SSSR count). The first-order valence-corrected chi connectivity index (χ1v) is 12.9. The lowest BCUT2D eigenvalue weighted by Crippen LogP contribution is -2.25. The van der Waals surface area contributed by atoms with Gasteiger partial charge in [0, 0.05) is 35.1 Å². The van der Waals surface area contributed by atoms with Gasteiger partial charge in [-0.15, -0.1) is 11.3 Å². The lowest BCUT2D eigenvalue weighted by atomic mass is 10.0. The van der Waals surface area contributed by atoms with Crippen LogP contribution in [0.15, 0.2) is 53.4 Å². The predicted molar refractivity (Wildman–Crippen MR) is 142 cm³/mol. The minimum Gasteiger partial charge on any atom is -0.394 e. The van der Waals surface area contributed by atoms with E-state index >= 15 is 0 Å². The van der Waals surface area contributed by atoms with Gasteiger partial charge in [0.1, 0.15) is 11.0 Å². The minimum absolute atomic E-state index is 0.212. The summed E-state index contributed by atoms with van der Waals surface area (Å²) >= 11 is 2.80. The molecule has 1 aromatic heterocycles. The number of benzene rings is 2. The van der Waals surface area contributed by atoms with Crippen LogP contribution in [-0.2, 0) is 0 Å². The van der Waals surface area contributed by atoms with Crippen molar-refractivity contribution < 1.29 is 10.2 Å². The molecule has 0 saturated carbocycles. The smallest absolute Gasteiger partial charge is 0.108 e. The van der Waals surface area contributed by atoms with Crippen molar-refractivity contribution in [3.05, 3.63) is 58.3 Å². The van der Waals surface area contributed by atoms with Gasteiger partial charge in [0.2, 0.25) is 0 Å². The van der Waals surface area contributed by atoms with Gasteiger partial charge in [0.25, 0.3) is 0 Å². The summed E-state index contributed by atoms with van der Waals surface area (Å²) in [5.74, 6) is 0. The maximum atomic E-state index is 9.40. The lowest BCUT2D eigenvalue weighted by Gasteiger charge is -2.24. The zero-order valence-electron chi connectivity index (χ0n) is 19.1. The number of hydrogen-bond donors (Lipinski definition) is 3. The number of nitrogens with zero attached hydrogens (tertiary/aromatic N) is 2. The van der Waals surface area contributed by atoms with E-state index in [0.29, 0.717) is 4.91 Å². The first-order valence-electron chi connectivity index (χ1n) is 11.3. The predicted octanol–water partition coefficient (Wildman–Crippen LogP) is 5.65. The maximum absolute atomic E-state index is 9.40. The number of aliphatic hydroxyl groups excluding tert-OH is 2. The quantitative estimate of drug-likeness (QED) is 0.229. The maximum Gasteiger partial charge on any atom is 0.108 e. The monoisotopic (exact) mass is 481 g/mol. The van der Waals surface area contributed by atoms with Crippen molar-refractivity contribution in [2.45, 2.75) is 32.8 Å². The molecule has 5 nitrogen and oxygen atoms in total. The third kappa shape index (κ3) is 7.07. The standard InChI is InChI=1S/C26H31N3O2S2/c1-3-11-29(12-4-2)22-8-7-19-13-21(6-5-20(19)14-22)26-10-9-24(32-26)15-25(16-27)33-28-17-23(31)18-30/h5-10,13-15,23,28,30-31H,3-4,11-12,17-18H2,1-2H3/b25-15+. The van der Waals surface area contributed by atoms with Gasteiger partial charge in [-0.05, 0) is 77.5 Å². The highest BCUT2D eigenvalue weighted by Gasteiger charge is 2.09. The van der Waals surface area contributed by atoms with Crippen molar-refractivity contribution in [1.29, 1.82) is 5.26 Å². The fourth-order valence-electron chi connectivity index (χ4n) is 3.57. The van der Waals surface area contributed by atoms with Crippen molar-refractivity contribution >= 4 is 45.8 Å². The SMILES string of the molecule is CCCN(CCC)c1ccc2cc(-c3ccc(/C=C(\C#N)SNCC(O)CO)s3)ccc2c1. The average Bonchev–Trinajstić information content (AvgIpc) is 3.31. The highest BCUT2D eigenvalue weighted by molar-refractivity contribution is 8.01. The van der Waals surface area contributed by atoms with Crippen LogP contribution < -0.4 is 9.62 Å². The van der Waals surface area contributed by atoms with Crippen molar-refractivity contribution in [2.24, 2.45) is 0 Å². The molecule has 0 saturated heterocycles. The largest absolute Gasteiger partial charge is 0.394 e. The van der Waals surface area contributed by atoms with Gasteiger partial charge in [-0.2, -0.15) is 5.26 Å². The second kappa shape index (κ2) is 12.8. The molecular weight excluding hydrogens is 450 g/mol. The van der Waals surface area contributed by atoms with Gasteiger partial charge in [0.05, 0.1) is 12.7 Å². The number of hydrogen-bond acceptors (Lipinski definition) is 7. The van der Waals surface area contributed by atoms with Crippen molar-refractivity contribution in [2.75, 3.05) is 31.1 Å². The van der Waals surface area contributed by atoms with Crippen LogP contribution in [0, 0.1) is 11.3 Å². The Morgan fingerprint density at radius 2 is 1.85 bits per heavy atom. The number of nitriles is 1. The second-order valence-electron chi connectivity index (χ2n) is 7.84. The summed E-state index contributed by atoms with van der Waals surface area (Å²) in [6, 6.07) is 19.5. The Bertz CT molecular complexity index is 1110. The molecule has 3 aromatic rings. The summed E-state index contributed by atoms with van der Waals surface area (Å²) < 4.78 is 2.91. The van der Waals surface area contributed by atoms with Crippen LogP contribution >= 0.6 is 23.3 Å². The molecule has 0 spiro atoms. The molecule has 3 N–H and O–H groups in total. The number of anilines is 1. The van der Waals surface area contributed by atoms with Crippen LogP contribution in [0.2, 0.25) is 0 Å². The van der Waals surface area contributed by atoms with Gasteiger partial charge < -0.3 is 15.1 Å². The molecule has 0 radical (unpaired) electrons. The molecule has 1 unspecified atom stereocenters. The Morgan fingerprint density at radius 1 is 1.12 bits per heavy atom. The van der Waals surface area contributed by atoms with Crippen LogP contribution in [0.3, 0.4) is 0 Å². The van der Waals surface area contributed by atoms with E-state index in [1.165, 1.54) is 16.5 Å². The Kier molecular flexibility index (Phi) is 9.79. The van der Waals surface area contributed by atoms with Crippen molar-refractivity contribution in [3.8, 4) is 16.5 Å². The molecular formula is C26H31N3O2S2. The Labute approximate surface area is 204 Å². The Balaban J connectivity index is 1.76. The molecule has 174 valence electrons. The third-order valence-corrected chi connectivity index (χ3v) is 7.00. The van der Waals surface area contributed by atoms with Crippen LogP contribution in [0.4, 0.5) is 5.69 Å². The molecule has 0 aliphatic carbocycles. The van der Waals surface area contributed by atoms with E-state index in [-0.39, 0.29) is 13.2 Å². The van der Waals surface area contributed by atoms with Crippen molar-refractivity contribution in [3.63, 3.8) is 0 Å². The molecule has 0 amide bonds. The van der Waals surface area contributed by atoms with E-state index < -0.39 is 6.10 Å². The number of thiophene rings is 1. The molecule has 33 heavy (non-hydrogen) atoms. The molecule has 0 fully saturated rings. The number of nitrogens with one attached hydrogen (secondary N) is 1. The van der Waals surface area contributed by atoms with E-state index in [1.54, 1.807) is 11.3 Å². The summed E-state index contributed by atoms with van der Waals surface area (Å²) in [6.07, 6.45) is 3.27. The van der Waals surface area contributed by atoms with Gasteiger partial charge in [-0.3, -0.25) is 4.72 Å². The molecule has 0 bridgehead atoms. The zero-order chi connectivity index (χ0) is 23.6. The Morgan fingerprint density at radius 3 is 2.55 bits per heavy atom. The van der Waals surface area contributed by atoms with E-state index in [1.807, 2.05) is 12.1 Å². The summed E-state index contributed by atoms with van der Waals surface area (Å²) in [7, 11) is 0. The lowest BCUT2D eigenvalue weighted by molar-refractivity contribution is 0.0994.